The fourth-order valence-electron chi connectivity index (χ4n) is 2.60. The van der Waals surface area contributed by atoms with E-state index in [9.17, 15) is 8.42 Å². The van der Waals surface area contributed by atoms with Crippen molar-refractivity contribution in [3.05, 3.63) is 41.3 Å². The molecule has 2 aromatic rings. The molecule has 0 saturated carbocycles. The first-order valence-corrected chi connectivity index (χ1v) is 10.3. The molecule has 7 heteroatoms. The topological polar surface area (TPSA) is 64.6 Å². The Morgan fingerprint density at radius 2 is 1.88 bits per heavy atom. The van der Waals surface area contributed by atoms with E-state index in [-0.39, 0.29) is 12.0 Å². The molecule has 24 heavy (non-hydrogen) atoms. The third-order valence-corrected chi connectivity index (χ3v) is 6.68. The summed E-state index contributed by atoms with van der Waals surface area (Å²) in [5.74, 6) is 1.47. The van der Waals surface area contributed by atoms with Crippen LogP contribution in [0.5, 0.6) is 11.5 Å². The molecule has 1 aliphatic heterocycles. The molecule has 0 spiro atoms. The Hall–Kier alpha value is -1.57. The molecule has 3 rings (SSSR count). The standard InChI is InChI=1S/C17H21NO4S2/c1-12(2)17(18-24(19,20)16-5-3-10-23-16)13-6-7-14-15(11-13)22-9-4-8-21-14/h3,5-7,10-12,17-18H,4,8-9H2,1-2H3/t17-/m1/s1. The summed E-state index contributed by atoms with van der Waals surface area (Å²) < 4.78 is 39.6. The van der Waals surface area contributed by atoms with Crippen molar-refractivity contribution in [1.29, 1.82) is 0 Å². The van der Waals surface area contributed by atoms with E-state index >= 15 is 0 Å². The molecular weight excluding hydrogens is 346 g/mol. The van der Waals surface area contributed by atoms with Crippen LogP contribution in [0.3, 0.4) is 0 Å². The first kappa shape index (κ1) is 17.3. The number of benzene rings is 1. The lowest BCUT2D eigenvalue weighted by Crippen LogP contribution is -2.31. The molecule has 1 aliphatic rings. The van der Waals surface area contributed by atoms with E-state index in [1.54, 1.807) is 17.5 Å². The first-order valence-electron chi connectivity index (χ1n) is 7.93. The Bertz CT molecular complexity index is 785. The number of ether oxygens (including phenoxy) is 2. The number of fused-ring (bicyclic) bond motifs is 1. The molecule has 0 radical (unpaired) electrons. The predicted octanol–water partition coefficient (Wildman–Crippen LogP) is 3.59. The van der Waals surface area contributed by atoms with Gasteiger partial charge >= 0.3 is 0 Å². The lowest BCUT2D eigenvalue weighted by Gasteiger charge is -2.23. The number of sulfonamides is 1. The van der Waals surface area contributed by atoms with Crippen LogP contribution in [-0.2, 0) is 10.0 Å². The van der Waals surface area contributed by atoms with Gasteiger partial charge in [-0.15, -0.1) is 11.3 Å². The Morgan fingerprint density at radius 3 is 2.54 bits per heavy atom. The van der Waals surface area contributed by atoms with Gasteiger partial charge in [-0.1, -0.05) is 26.0 Å². The Morgan fingerprint density at radius 1 is 1.12 bits per heavy atom. The number of nitrogens with one attached hydrogen (secondary N) is 1. The molecule has 0 bridgehead atoms. The molecule has 0 unspecified atom stereocenters. The molecule has 1 aromatic heterocycles. The molecule has 1 N–H and O–H groups in total. The summed E-state index contributed by atoms with van der Waals surface area (Å²) in [4.78, 5) is 0. The number of hydrogen-bond acceptors (Lipinski definition) is 5. The maximum atomic E-state index is 12.6. The summed E-state index contributed by atoms with van der Waals surface area (Å²) in [5, 5.41) is 1.76. The van der Waals surface area contributed by atoms with E-state index in [2.05, 4.69) is 4.72 Å². The molecule has 1 atom stereocenters. The van der Waals surface area contributed by atoms with Gasteiger partial charge in [-0.05, 0) is 35.1 Å². The van der Waals surface area contributed by atoms with E-state index in [1.807, 2.05) is 32.0 Å². The molecular formula is C17H21NO4S2. The van der Waals surface area contributed by atoms with Crippen molar-refractivity contribution in [2.24, 2.45) is 5.92 Å². The summed E-state index contributed by atoms with van der Waals surface area (Å²) in [6.07, 6.45) is 0.836. The second-order valence-corrected chi connectivity index (χ2v) is 8.92. The molecule has 0 amide bonds. The average Bonchev–Trinajstić information content (AvgIpc) is 2.99. The number of rotatable bonds is 5. The highest BCUT2D eigenvalue weighted by Gasteiger charge is 2.25. The van der Waals surface area contributed by atoms with Gasteiger partial charge in [0.05, 0.1) is 13.2 Å². The summed E-state index contributed by atoms with van der Waals surface area (Å²) in [7, 11) is -3.54. The Labute approximate surface area is 146 Å². The minimum atomic E-state index is -3.54. The highest BCUT2D eigenvalue weighted by molar-refractivity contribution is 7.91. The van der Waals surface area contributed by atoms with Gasteiger partial charge in [0.25, 0.3) is 10.0 Å². The van der Waals surface area contributed by atoms with E-state index in [4.69, 9.17) is 9.47 Å². The normalized spacial score (nSPS) is 16.0. The second-order valence-electron chi connectivity index (χ2n) is 6.03. The van der Waals surface area contributed by atoms with Crippen LogP contribution in [0.4, 0.5) is 0 Å². The van der Waals surface area contributed by atoms with Crippen molar-refractivity contribution in [2.45, 2.75) is 30.5 Å². The van der Waals surface area contributed by atoms with Crippen molar-refractivity contribution in [2.75, 3.05) is 13.2 Å². The van der Waals surface area contributed by atoms with Gasteiger partial charge in [0, 0.05) is 12.5 Å². The minimum absolute atomic E-state index is 0.0875. The molecule has 0 fully saturated rings. The third kappa shape index (κ3) is 3.74. The van der Waals surface area contributed by atoms with E-state index < -0.39 is 10.0 Å². The molecule has 0 aliphatic carbocycles. The maximum absolute atomic E-state index is 12.6. The van der Waals surface area contributed by atoms with Crippen LogP contribution >= 0.6 is 11.3 Å². The number of hydrogen-bond donors (Lipinski definition) is 1. The Kier molecular flexibility index (Phi) is 5.12. The smallest absolute Gasteiger partial charge is 0.250 e. The van der Waals surface area contributed by atoms with Gasteiger partial charge in [-0.3, -0.25) is 0 Å². The zero-order chi connectivity index (χ0) is 17.2. The van der Waals surface area contributed by atoms with Crippen LogP contribution in [0, 0.1) is 5.92 Å². The summed E-state index contributed by atoms with van der Waals surface area (Å²) in [6, 6.07) is 8.63. The van der Waals surface area contributed by atoms with Gasteiger partial charge < -0.3 is 9.47 Å². The van der Waals surface area contributed by atoms with Crippen LogP contribution in [0.25, 0.3) is 0 Å². The third-order valence-electron chi connectivity index (χ3n) is 3.84. The van der Waals surface area contributed by atoms with Crippen molar-refractivity contribution < 1.29 is 17.9 Å². The lowest BCUT2D eigenvalue weighted by molar-refractivity contribution is 0.297. The highest BCUT2D eigenvalue weighted by Crippen LogP contribution is 2.34. The quantitative estimate of drug-likeness (QED) is 0.877. The predicted molar refractivity (Wildman–Crippen MR) is 94.3 cm³/mol. The largest absolute Gasteiger partial charge is 0.490 e. The molecule has 2 heterocycles. The highest BCUT2D eigenvalue weighted by atomic mass is 32.2. The van der Waals surface area contributed by atoms with Crippen LogP contribution in [0.1, 0.15) is 31.9 Å². The molecule has 130 valence electrons. The summed E-state index contributed by atoms with van der Waals surface area (Å²) in [5.41, 5.74) is 0.870. The van der Waals surface area contributed by atoms with E-state index in [1.165, 1.54) is 11.3 Å². The van der Waals surface area contributed by atoms with E-state index in [0.717, 1.165) is 12.0 Å². The zero-order valence-corrected chi connectivity index (χ0v) is 15.3. The Balaban J connectivity index is 1.90. The fourth-order valence-corrected chi connectivity index (χ4v) is 4.99. The van der Waals surface area contributed by atoms with Crippen LogP contribution < -0.4 is 14.2 Å². The molecule has 1 aromatic carbocycles. The van der Waals surface area contributed by atoms with Gasteiger partial charge in [0.2, 0.25) is 0 Å². The van der Waals surface area contributed by atoms with Crippen molar-refractivity contribution in [3.8, 4) is 11.5 Å². The fraction of sp³-hybridized carbons (Fsp3) is 0.412. The zero-order valence-electron chi connectivity index (χ0n) is 13.7. The summed E-state index contributed by atoms with van der Waals surface area (Å²) >= 11 is 1.21. The van der Waals surface area contributed by atoms with Crippen molar-refractivity contribution >= 4 is 21.4 Å². The van der Waals surface area contributed by atoms with Crippen molar-refractivity contribution in [1.82, 2.24) is 4.72 Å². The average molecular weight is 367 g/mol. The first-order chi connectivity index (χ1) is 11.5. The molecule has 0 saturated heterocycles. The summed E-state index contributed by atoms with van der Waals surface area (Å²) in [6.45, 7) is 5.21. The van der Waals surface area contributed by atoms with Crippen LogP contribution in [0.2, 0.25) is 0 Å². The molecule has 5 nitrogen and oxygen atoms in total. The van der Waals surface area contributed by atoms with Gasteiger partial charge in [-0.2, -0.15) is 0 Å². The van der Waals surface area contributed by atoms with E-state index in [0.29, 0.717) is 28.9 Å². The van der Waals surface area contributed by atoms with Gasteiger partial charge in [0.1, 0.15) is 4.21 Å². The van der Waals surface area contributed by atoms with Crippen molar-refractivity contribution in [3.63, 3.8) is 0 Å². The monoisotopic (exact) mass is 367 g/mol. The van der Waals surface area contributed by atoms with Gasteiger partial charge in [0.15, 0.2) is 11.5 Å². The maximum Gasteiger partial charge on any atom is 0.250 e. The van der Waals surface area contributed by atoms with Crippen LogP contribution in [0.15, 0.2) is 39.9 Å². The second kappa shape index (κ2) is 7.13. The van der Waals surface area contributed by atoms with Crippen LogP contribution in [-0.4, -0.2) is 21.6 Å². The SMILES string of the molecule is CC(C)[C@@H](NS(=O)(=O)c1cccs1)c1ccc2c(c1)OCCCO2. The lowest BCUT2D eigenvalue weighted by atomic mass is 9.97. The van der Waals surface area contributed by atoms with Gasteiger partial charge in [-0.25, -0.2) is 13.1 Å². The number of thiophene rings is 1. The minimum Gasteiger partial charge on any atom is -0.490 e.